The summed E-state index contributed by atoms with van der Waals surface area (Å²) in [7, 11) is 1.00. The number of aliphatic hydroxyl groups excluding tert-OH is 1. The van der Waals surface area contributed by atoms with Gasteiger partial charge in [-0.25, -0.2) is 4.39 Å². The Morgan fingerprint density at radius 1 is 1.23 bits per heavy atom. The Morgan fingerprint density at radius 3 is 2.60 bits per heavy atom. The van der Waals surface area contributed by atoms with Gasteiger partial charge in [0, 0.05) is 38.8 Å². The zero-order valence-electron chi connectivity index (χ0n) is 16.2. The van der Waals surface area contributed by atoms with E-state index < -0.39 is 17.9 Å². The molecule has 1 aliphatic heterocycles. The van der Waals surface area contributed by atoms with Crippen LogP contribution in [0.15, 0.2) is 30.3 Å². The van der Waals surface area contributed by atoms with Crippen molar-refractivity contribution in [2.24, 2.45) is 0 Å². The van der Waals surface area contributed by atoms with Gasteiger partial charge >= 0.3 is 6.36 Å². The molecule has 0 fully saturated rings. The predicted octanol–water partition coefficient (Wildman–Crippen LogP) is 3.90. The highest BCUT2D eigenvalue weighted by atomic mass is 19.4. The summed E-state index contributed by atoms with van der Waals surface area (Å²) in [4.78, 5) is 12.2. The van der Waals surface area contributed by atoms with Crippen LogP contribution in [0.25, 0.3) is 0 Å². The summed E-state index contributed by atoms with van der Waals surface area (Å²) in [6, 6.07) is 9.11. The van der Waals surface area contributed by atoms with E-state index in [1.54, 1.807) is 11.0 Å². The molecule has 0 aromatic heterocycles. The highest BCUT2D eigenvalue weighted by Crippen LogP contribution is 2.34. The number of halogens is 4. The minimum atomic E-state index is -4.95. The molecule has 0 bridgehead atoms. The number of anilines is 1. The lowest BCUT2D eigenvalue weighted by atomic mass is 9.95. The van der Waals surface area contributed by atoms with Gasteiger partial charge in [-0.05, 0) is 29.5 Å². The fourth-order valence-electron chi connectivity index (χ4n) is 3.31. The average molecular weight is 424 g/mol. The number of aryl methyl sites for hydroxylation is 1. The van der Waals surface area contributed by atoms with Gasteiger partial charge in [-0.15, -0.1) is 13.2 Å². The Bertz CT molecular complexity index is 939. The Kier molecular flexibility index (Phi) is 7.78. The zero-order valence-corrected chi connectivity index (χ0v) is 16.2. The van der Waals surface area contributed by atoms with Crippen LogP contribution in [0.1, 0.15) is 28.7 Å². The minimum Gasteiger partial charge on any atom is -0.406 e. The van der Waals surface area contributed by atoms with E-state index in [4.69, 9.17) is 5.11 Å². The summed E-state index contributed by atoms with van der Waals surface area (Å²) in [5.41, 5.74) is 2.79. The van der Waals surface area contributed by atoms with E-state index in [0.29, 0.717) is 38.4 Å². The third-order valence-corrected chi connectivity index (χ3v) is 4.56. The van der Waals surface area contributed by atoms with E-state index in [-0.39, 0.29) is 11.3 Å². The van der Waals surface area contributed by atoms with Crippen molar-refractivity contribution in [3.05, 3.63) is 58.4 Å². The number of ether oxygens (including phenoxy) is 1. The van der Waals surface area contributed by atoms with E-state index >= 15 is 0 Å². The minimum absolute atomic E-state index is 0.0671. The summed E-state index contributed by atoms with van der Waals surface area (Å²) in [6.45, 7) is 0.737. The molecule has 5 nitrogen and oxygen atoms in total. The number of benzene rings is 2. The second-order valence-electron chi connectivity index (χ2n) is 6.44. The molecule has 1 aliphatic rings. The van der Waals surface area contributed by atoms with Gasteiger partial charge in [0.1, 0.15) is 29.5 Å². The predicted molar refractivity (Wildman–Crippen MR) is 102 cm³/mol. The lowest BCUT2D eigenvalue weighted by Gasteiger charge is -2.32. The van der Waals surface area contributed by atoms with Crippen LogP contribution in [0.2, 0.25) is 0 Å². The van der Waals surface area contributed by atoms with Crippen molar-refractivity contribution in [2.75, 3.05) is 18.6 Å². The van der Waals surface area contributed by atoms with E-state index in [0.717, 1.165) is 36.2 Å². The molecule has 1 N–H and O–H groups in total. The number of carbonyl (C=O) groups excluding carboxylic acids is 1. The second-order valence-corrected chi connectivity index (χ2v) is 6.44. The number of hydrogen-bond acceptors (Lipinski definition) is 5. The molecule has 0 spiro atoms. The number of hydrogen-bond donors (Lipinski definition) is 1. The number of alkyl halides is 3. The van der Waals surface area contributed by atoms with Gasteiger partial charge in [0.05, 0.1) is 5.69 Å². The molecule has 0 saturated carbocycles. The van der Waals surface area contributed by atoms with E-state index in [1.807, 2.05) is 18.2 Å². The molecule has 3 rings (SSSR count). The second kappa shape index (κ2) is 10.1. The first-order valence-corrected chi connectivity index (χ1v) is 9.04. The highest BCUT2D eigenvalue weighted by molar-refractivity contribution is 5.64. The van der Waals surface area contributed by atoms with Crippen LogP contribution in [-0.4, -0.2) is 31.4 Å². The van der Waals surface area contributed by atoms with E-state index in [2.05, 4.69) is 4.74 Å². The highest BCUT2D eigenvalue weighted by Gasteiger charge is 2.32. The maximum Gasteiger partial charge on any atom is 0.573 e. The van der Waals surface area contributed by atoms with Gasteiger partial charge in [0.25, 0.3) is 0 Å². The quantitative estimate of drug-likeness (QED) is 0.582. The molecule has 2 aromatic carbocycles. The summed E-state index contributed by atoms with van der Waals surface area (Å²) in [5.74, 6) is -1.76. The number of fused-ring (bicyclic) bond motifs is 1. The van der Waals surface area contributed by atoms with Gasteiger partial charge in [0.15, 0.2) is 0 Å². The van der Waals surface area contributed by atoms with Crippen molar-refractivity contribution in [3.63, 3.8) is 0 Å². The largest absolute Gasteiger partial charge is 0.573 e. The monoisotopic (exact) mass is 424 g/mol. The number of carbonyl (C=O) groups is 1. The van der Waals surface area contributed by atoms with E-state index in [9.17, 15) is 27.6 Å². The standard InChI is InChI=1S/C20H16F4N2O2.CH4O/c21-18-9-16(28-20(22,23)24)10-19(17(18)11-25)26-6-5-14-8-13(2-1-7-27)3-4-15(14)12-26;1-2/h3-4,7-10H,1-2,5-6,12H2;2H,1H3. The molecule has 2 aromatic rings. The van der Waals surface area contributed by atoms with Crippen LogP contribution in [0.5, 0.6) is 5.75 Å². The van der Waals surface area contributed by atoms with Gasteiger partial charge in [-0.1, -0.05) is 18.2 Å². The third-order valence-electron chi connectivity index (χ3n) is 4.56. The Hall–Kier alpha value is -3.12. The van der Waals surface area contributed by atoms with Crippen LogP contribution >= 0.6 is 0 Å². The molecule has 9 heteroatoms. The van der Waals surface area contributed by atoms with Crippen molar-refractivity contribution < 1.29 is 32.2 Å². The molecular formula is C21H20F4N2O3. The van der Waals surface area contributed by atoms with Gasteiger partial charge < -0.3 is 19.5 Å². The van der Waals surface area contributed by atoms with Crippen LogP contribution in [0.4, 0.5) is 23.2 Å². The first-order chi connectivity index (χ1) is 14.3. The van der Waals surface area contributed by atoms with E-state index in [1.165, 1.54) is 0 Å². The number of nitrogens with zero attached hydrogens (tertiary/aromatic N) is 2. The molecule has 0 unspecified atom stereocenters. The molecule has 0 amide bonds. The summed E-state index contributed by atoms with van der Waals surface area (Å²) < 4.78 is 55.5. The fourth-order valence-corrected chi connectivity index (χ4v) is 3.31. The lowest BCUT2D eigenvalue weighted by molar-refractivity contribution is -0.274. The molecule has 0 radical (unpaired) electrons. The fraction of sp³-hybridized carbons (Fsp3) is 0.333. The number of aldehydes is 1. The Balaban J connectivity index is 0.00000155. The van der Waals surface area contributed by atoms with Crippen molar-refractivity contribution >= 4 is 12.0 Å². The van der Waals surface area contributed by atoms with Gasteiger partial charge in [0.2, 0.25) is 0 Å². The maximum atomic E-state index is 14.2. The molecule has 30 heavy (non-hydrogen) atoms. The SMILES string of the molecule is CO.N#Cc1c(F)cc(OC(F)(F)F)cc1N1CCc2cc(CCC=O)ccc2C1. The zero-order chi connectivity index (χ0) is 22.3. The van der Waals surface area contributed by atoms with Gasteiger partial charge in [-0.2, -0.15) is 5.26 Å². The summed E-state index contributed by atoms with van der Waals surface area (Å²) in [5, 5.41) is 16.3. The third kappa shape index (κ3) is 5.70. The number of aliphatic hydroxyl groups is 1. The lowest BCUT2D eigenvalue weighted by Crippen LogP contribution is -2.31. The molecular weight excluding hydrogens is 404 g/mol. The molecule has 0 saturated heterocycles. The van der Waals surface area contributed by atoms with Crippen LogP contribution in [0.3, 0.4) is 0 Å². The van der Waals surface area contributed by atoms with Crippen LogP contribution in [-0.2, 0) is 24.2 Å². The van der Waals surface area contributed by atoms with Crippen molar-refractivity contribution in [3.8, 4) is 11.8 Å². The van der Waals surface area contributed by atoms with Crippen molar-refractivity contribution in [2.45, 2.75) is 32.2 Å². The molecule has 160 valence electrons. The first-order valence-electron chi connectivity index (χ1n) is 9.04. The topological polar surface area (TPSA) is 73.6 Å². The average Bonchev–Trinajstić information content (AvgIpc) is 2.71. The molecule has 0 atom stereocenters. The maximum absolute atomic E-state index is 14.2. The summed E-state index contributed by atoms with van der Waals surface area (Å²) >= 11 is 0. The molecule has 0 aliphatic carbocycles. The smallest absolute Gasteiger partial charge is 0.406 e. The number of rotatable bonds is 5. The number of nitriles is 1. The Labute approximate surface area is 171 Å². The first kappa shape index (κ1) is 23.2. The van der Waals surface area contributed by atoms with Crippen LogP contribution < -0.4 is 9.64 Å². The van der Waals surface area contributed by atoms with Gasteiger partial charge in [-0.3, -0.25) is 0 Å². The Morgan fingerprint density at radius 2 is 1.97 bits per heavy atom. The van der Waals surface area contributed by atoms with Crippen molar-refractivity contribution in [1.82, 2.24) is 0 Å². The van der Waals surface area contributed by atoms with Crippen LogP contribution in [0, 0.1) is 17.1 Å². The normalized spacial score (nSPS) is 12.9. The molecule has 1 heterocycles. The summed E-state index contributed by atoms with van der Waals surface area (Å²) in [6.07, 6.45) is -2.44. The van der Waals surface area contributed by atoms with Crippen molar-refractivity contribution in [1.29, 1.82) is 5.26 Å².